The van der Waals surface area contributed by atoms with Crippen LogP contribution in [0.25, 0.3) is 0 Å². The fourth-order valence-electron chi connectivity index (χ4n) is 5.43. The Bertz CT molecular complexity index is 608. The quantitative estimate of drug-likeness (QED) is 0.901. The highest BCUT2D eigenvalue weighted by atomic mass is 16.3. The van der Waals surface area contributed by atoms with Crippen molar-refractivity contribution in [3.8, 4) is 0 Å². The van der Waals surface area contributed by atoms with Crippen molar-refractivity contribution in [1.82, 2.24) is 4.90 Å². The van der Waals surface area contributed by atoms with E-state index in [0.29, 0.717) is 5.91 Å². The second kappa shape index (κ2) is 5.59. The summed E-state index contributed by atoms with van der Waals surface area (Å²) in [7, 11) is 0. The Morgan fingerprint density at radius 3 is 2.08 bits per heavy atom. The summed E-state index contributed by atoms with van der Waals surface area (Å²) in [5.41, 5.74) is 0.447. The zero-order valence-electron chi connectivity index (χ0n) is 14.8. The molecule has 1 saturated heterocycles. The van der Waals surface area contributed by atoms with E-state index in [-0.39, 0.29) is 10.8 Å². The molecule has 1 atom stereocenters. The first kappa shape index (κ1) is 16.1. The maximum Gasteiger partial charge on any atom is 0.233 e. The van der Waals surface area contributed by atoms with Crippen LogP contribution in [0.4, 0.5) is 0 Å². The van der Waals surface area contributed by atoms with Gasteiger partial charge in [-0.2, -0.15) is 0 Å². The highest BCUT2D eigenvalue weighted by molar-refractivity contribution is 5.88. The summed E-state index contributed by atoms with van der Waals surface area (Å²) in [6.07, 6.45) is 8.19. The minimum absolute atomic E-state index is 0.0688. The van der Waals surface area contributed by atoms with Crippen LogP contribution >= 0.6 is 0 Å². The molecule has 1 heterocycles. The molecule has 3 aliphatic rings. The Morgan fingerprint density at radius 2 is 1.58 bits per heavy atom. The number of carbonyl (C=O) groups is 1. The topological polar surface area (TPSA) is 40.5 Å². The summed E-state index contributed by atoms with van der Waals surface area (Å²) in [6.45, 7) is 3.60. The van der Waals surface area contributed by atoms with Gasteiger partial charge in [-0.15, -0.1) is 0 Å². The van der Waals surface area contributed by atoms with Crippen molar-refractivity contribution in [3.63, 3.8) is 0 Å². The van der Waals surface area contributed by atoms with Crippen molar-refractivity contribution in [2.75, 3.05) is 13.1 Å². The summed E-state index contributed by atoms with van der Waals surface area (Å²) in [4.78, 5) is 15.6. The Kier molecular flexibility index (Phi) is 3.76. The minimum atomic E-state index is -0.521. The highest BCUT2D eigenvalue weighted by Crippen LogP contribution is 2.56. The Balaban J connectivity index is 1.53. The molecule has 0 aromatic heterocycles. The third kappa shape index (κ3) is 2.24. The van der Waals surface area contributed by atoms with Crippen molar-refractivity contribution >= 4 is 5.91 Å². The lowest BCUT2D eigenvalue weighted by Crippen LogP contribution is -2.61. The summed E-state index contributed by atoms with van der Waals surface area (Å²) in [6, 6.07) is 10.4. The molecular formula is C21H29NO2. The van der Waals surface area contributed by atoms with Crippen molar-refractivity contribution in [3.05, 3.63) is 35.9 Å². The van der Waals surface area contributed by atoms with E-state index in [0.717, 1.165) is 64.5 Å². The van der Waals surface area contributed by atoms with E-state index in [1.807, 2.05) is 13.0 Å². The first-order chi connectivity index (χ1) is 11.5. The van der Waals surface area contributed by atoms with Gasteiger partial charge < -0.3 is 10.0 Å². The number of amides is 1. The number of hydrogen-bond donors (Lipinski definition) is 1. The summed E-state index contributed by atoms with van der Waals surface area (Å²) in [5, 5.41) is 10.6. The van der Waals surface area contributed by atoms with Crippen LogP contribution in [0.3, 0.4) is 0 Å². The third-order valence-electron chi connectivity index (χ3n) is 7.43. The Morgan fingerprint density at radius 1 is 0.958 bits per heavy atom. The van der Waals surface area contributed by atoms with E-state index in [9.17, 15) is 9.90 Å². The number of likely N-dealkylation sites (tertiary alicyclic amines) is 1. The molecule has 1 N–H and O–H groups in total. The molecule has 1 aromatic rings. The van der Waals surface area contributed by atoms with Gasteiger partial charge in [0, 0.05) is 18.5 Å². The summed E-state index contributed by atoms with van der Waals surface area (Å²) >= 11 is 0. The van der Waals surface area contributed by atoms with E-state index in [1.54, 1.807) is 0 Å². The number of nitrogens with zero attached hydrogens (tertiary/aromatic N) is 1. The van der Waals surface area contributed by atoms with Gasteiger partial charge >= 0.3 is 0 Å². The van der Waals surface area contributed by atoms with Gasteiger partial charge in [-0.1, -0.05) is 43.2 Å². The van der Waals surface area contributed by atoms with Crippen molar-refractivity contribution in [1.29, 1.82) is 0 Å². The van der Waals surface area contributed by atoms with E-state index >= 15 is 0 Å². The van der Waals surface area contributed by atoms with Crippen LogP contribution in [0.2, 0.25) is 0 Å². The molecule has 0 bridgehead atoms. The maximum absolute atomic E-state index is 13.5. The molecule has 3 fully saturated rings. The fraction of sp³-hybridized carbons (Fsp3) is 0.667. The number of hydrogen-bond acceptors (Lipinski definition) is 2. The lowest BCUT2D eigenvalue weighted by atomic mass is 9.53. The van der Waals surface area contributed by atoms with E-state index in [4.69, 9.17) is 0 Å². The fourth-order valence-corrected chi connectivity index (χ4v) is 5.43. The van der Waals surface area contributed by atoms with Gasteiger partial charge in [0.15, 0.2) is 0 Å². The van der Waals surface area contributed by atoms with Crippen molar-refractivity contribution in [2.24, 2.45) is 5.41 Å². The van der Waals surface area contributed by atoms with Gasteiger partial charge in [-0.05, 0) is 51.0 Å². The Labute approximate surface area is 145 Å². The van der Waals surface area contributed by atoms with Crippen LogP contribution in [0.1, 0.15) is 63.9 Å². The number of piperidine rings is 1. The SMILES string of the molecule is CC1(O)CCC12CCN(C(=O)C1(c3ccccc3)CCCC1)CC2. The van der Waals surface area contributed by atoms with Gasteiger partial charge in [0.25, 0.3) is 0 Å². The minimum Gasteiger partial charge on any atom is -0.390 e. The number of benzene rings is 1. The monoisotopic (exact) mass is 327 g/mol. The van der Waals surface area contributed by atoms with Crippen LogP contribution in [0.5, 0.6) is 0 Å². The van der Waals surface area contributed by atoms with Gasteiger partial charge in [0.05, 0.1) is 11.0 Å². The summed E-state index contributed by atoms with van der Waals surface area (Å²) in [5.74, 6) is 0.333. The van der Waals surface area contributed by atoms with Crippen LogP contribution in [0.15, 0.2) is 30.3 Å². The second-order valence-electron chi connectivity index (χ2n) is 8.50. The molecule has 2 saturated carbocycles. The van der Waals surface area contributed by atoms with Gasteiger partial charge in [0.1, 0.15) is 0 Å². The lowest BCUT2D eigenvalue weighted by Gasteiger charge is -2.58. The molecule has 1 spiro atoms. The average molecular weight is 327 g/mol. The molecule has 2 aliphatic carbocycles. The van der Waals surface area contributed by atoms with Gasteiger partial charge in [0.2, 0.25) is 5.91 Å². The molecule has 0 radical (unpaired) electrons. The lowest BCUT2D eigenvalue weighted by molar-refractivity contribution is -0.181. The van der Waals surface area contributed by atoms with Gasteiger partial charge in [-0.25, -0.2) is 0 Å². The second-order valence-corrected chi connectivity index (χ2v) is 8.50. The van der Waals surface area contributed by atoms with Crippen molar-refractivity contribution < 1.29 is 9.90 Å². The van der Waals surface area contributed by atoms with Crippen LogP contribution in [0, 0.1) is 5.41 Å². The molecule has 1 amide bonds. The molecule has 4 rings (SSSR count). The smallest absolute Gasteiger partial charge is 0.233 e. The first-order valence-electron chi connectivity index (χ1n) is 9.57. The number of aliphatic hydroxyl groups is 1. The van der Waals surface area contributed by atoms with Gasteiger partial charge in [-0.3, -0.25) is 4.79 Å². The average Bonchev–Trinajstić information content (AvgIpc) is 3.12. The predicted octanol–water partition coefficient (Wildman–Crippen LogP) is 3.65. The third-order valence-corrected chi connectivity index (χ3v) is 7.43. The zero-order chi connectivity index (χ0) is 16.8. The maximum atomic E-state index is 13.5. The number of carbonyl (C=O) groups excluding carboxylic acids is 1. The van der Waals surface area contributed by atoms with E-state index in [2.05, 4.69) is 29.2 Å². The molecule has 1 aliphatic heterocycles. The summed E-state index contributed by atoms with van der Waals surface area (Å²) < 4.78 is 0. The zero-order valence-corrected chi connectivity index (χ0v) is 14.8. The molecule has 3 heteroatoms. The normalized spacial score (nSPS) is 31.0. The molecule has 1 aromatic carbocycles. The molecule has 1 unspecified atom stereocenters. The largest absolute Gasteiger partial charge is 0.390 e. The van der Waals surface area contributed by atoms with E-state index < -0.39 is 5.60 Å². The first-order valence-corrected chi connectivity index (χ1v) is 9.57. The van der Waals surface area contributed by atoms with E-state index in [1.165, 1.54) is 5.56 Å². The van der Waals surface area contributed by atoms with Crippen LogP contribution in [-0.4, -0.2) is 34.6 Å². The molecular weight excluding hydrogens is 298 g/mol. The highest BCUT2D eigenvalue weighted by Gasteiger charge is 2.56. The van der Waals surface area contributed by atoms with Crippen LogP contribution in [-0.2, 0) is 10.2 Å². The molecule has 3 nitrogen and oxygen atoms in total. The molecule has 24 heavy (non-hydrogen) atoms. The molecule has 130 valence electrons. The standard InChI is InChI=1S/C21H29NO2/c1-19(24)11-12-20(19)13-15-22(16-14-20)18(23)21(9-5-6-10-21)17-7-3-2-4-8-17/h2-4,7-8,24H,5-6,9-16H2,1H3. The Hall–Kier alpha value is -1.35. The van der Waals surface area contributed by atoms with Crippen molar-refractivity contribution in [2.45, 2.75) is 69.3 Å². The van der Waals surface area contributed by atoms with Crippen LogP contribution < -0.4 is 0 Å². The predicted molar refractivity (Wildman–Crippen MR) is 94.7 cm³/mol. The number of rotatable bonds is 2.